The van der Waals surface area contributed by atoms with Gasteiger partial charge in [-0.15, -0.1) is 0 Å². The summed E-state index contributed by atoms with van der Waals surface area (Å²) in [6.45, 7) is 3.77. The number of pyridine rings is 2. The number of ether oxygens (including phenoxy) is 1. The minimum atomic E-state index is -0.566. The molecule has 7 heteroatoms. The first kappa shape index (κ1) is 22.5. The van der Waals surface area contributed by atoms with E-state index in [4.69, 9.17) is 4.74 Å². The highest BCUT2D eigenvalue weighted by molar-refractivity contribution is 5.98. The molecule has 2 aromatic heterocycles. The van der Waals surface area contributed by atoms with Crippen LogP contribution in [-0.4, -0.2) is 64.4 Å². The summed E-state index contributed by atoms with van der Waals surface area (Å²) >= 11 is 0. The molecule has 4 rings (SSSR count). The van der Waals surface area contributed by atoms with Gasteiger partial charge in [0.1, 0.15) is 6.04 Å². The number of nitrogens with zero attached hydrogens (tertiary/aromatic N) is 4. The number of hydrogen-bond donors (Lipinski definition) is 0. The Balaban J connectivity index is 1.62. The summed E-state index contributed by atoms with van der Waals surface area (Å²) in [5.41, 5.74) is 3.49. The number of rotatable bonds is 7. The lowest BCUT2D eigenvalue weighted by Crippen LogP contribution is -2.59. The fourth-order valence-corrected chi connectivity index (χ4v) is 4.20. The monoisotopic (exact) mass is 444 g/mol. The lowest BCUT2D eigenvalue weighted by molar-refractivity contribution is -0.140. The molecule has 0 bridgehead atoms. The van der Waals surface area contributed by atoms with Crippen LogP contribution in [0.15, 0.2) is 67.1 Å². The average molecular weight is 445 g/mol. The van der Waals surface area contributed by atoms with E-state index in [0.29, 0.717) is 37.5 Å². The molecule has 0 saturated carbocycles. The minimum Gasteiger partial charge on any atom is -0.481 e. The number of piperazine rings is 1. The normalized spacial score (nSPS) is 16.1. The lowest BCUT2D eigenvalue weighted by Gasteiger charge is -2.40. The van der Waals surface area contributed by atoms with Crippen molar-refractivity contribution >= 4 is 11.8 Å². The summed E-state index contributed by atoms with van der Waals surface area (Å²) in [5.74, 6) is 0.243. The second-order valence-corrected chi connectivity index (χ2v) is 8.08. The zero-order chi connectivity index (χ0) is 23.2. The molecule has 7 nitrogen and oxygen atoms in total. The van der Waals surface area contributed by atoms with Crippen molar-refractivity contribution in [2.24, 2.45) is 0 Å². The third kappa shape index (κ3) is 5.03. The van der Waals surface area contributed by atoms with E-state index in [1.807, 2.05) is 41.4 Å². The quantitative estimate of drug-likeness (QED) is 0.558. The van der Waals surface area contributed by atoms with E-state index >= 15 is 0 Å². The summed E-state index contributed by atoms with van der Waals surface area (Å²) in [7, 11) is 1.53. The van der Waals surface area contributed by atoms with Crippen molar-refractivity contribution in [3.8, 4) is 17.0 Å². The van der Waals surface area contributed by atoms with E-state index < -0.39 is 6.04 Å². The average Bonchev–Trinajstić information content (AvgIpc) is 2.87. The van der Waals surface area contributed by atoms with Crippen molar-refractivity contribution in [1.82, 2.24) is 19.8 Å². The Bertz CT molecular complexity index is 1100. The Morgan fingerprint density at radius 2 is 1.94 bits per heavy atom. The fourth-order valence-electron chi connectivity index (χ4n) is 4.20. The summed E-state index contributed by atoms with van der Waals surface area (Å²) in [5, 5.41) is 0. The van der Waals surface area contributed by atoms with E-state index in [1.54, 1.807) is 23.2 Å². The molecular weight excluding hydrogens is 416 g/mol. The van der Waals surface area contributed by atoms with Gasteiger partial charge in [0.2, 0.25) is 11.8 Å². The molecule has 0 unspecified atom stereocenters. The zero-order valence-electron chi connectivity index (χ0n) is 19.0. The molecule has 3 aromatic rings. The second kappa shape index (κ2) is 10.3. The van der Waals surface area contributed by atoms with E-state index in [-0.39, 0.29) is 11.8 Å². The maximum Gasteiger partial charge on any atom is 0.256 e. The topological polar surface area (TPSA) is 75.6 Å². The van der Waals surface area contributed by atoms with Gasteiger partial charge in [0.15, 0.2) is 0 Å². The third-order valence-electron chi connectivity index (χ3n) is 5.88. The predicted molar refractivity (Wildman–Crippen MR) is 126 cm³/mol. The predicted octanol–water partition coefficient (Wildman–Crippen LogP) is 3.46. The third-order valence-corrected chi connectivity index (χ3v) is 5.88. The number of carbonyl (C=O) groups is 2. The lowest BCUT2D eigenvalue weighted by atomic mass is 9.97. The first-order valence-electron chi connectivity index (χ1n) is 11.2. The Morgan fingerprint density at radius 3 is 2.64 bits per heavy atom. The highest BCUT2D eigenvalue weighted by Gasteiger charge is 2.37. The fraction of sp³-hybridized carbons (Fsp3) is 0.308. The number of methoxy groups -OCH3 is 1. The molecule has 1 aliphatic rings. The number of benzene rings is 1. The van der Waals surface area contributed by atoms with Gasteiger partial charge in [-0.05, 0) is 35.2 Å². The molecule has 1 aliphatic heterocycles. The first-order valence-corrected chi connectivity index (χ1v) is 11.2. The van der Waals surface area contributed by atoms with Gasteiger partial charge in [0, 0.05) is 50.7 Å². The zero-order valence-corrected chi connectivity index (χ0v) is 19.0. The smallest absolute Gasteiger partial charge is 0.256 e. The van der Waals surface area contributed by atoms with Crippen LogP contribution in [0.4, 0.5) is 0 Å². The molecule has 0 radical (unpaired) electrons. The van der Waals surface area contributed by atoms with Gasteiger partial charge in [-0.25, -0.2) is 4.98 Å². The maximum absolute atomic E-state index is 13.4. The van der Waals surface area contributed by atoms with Gasteiger partial charge >= 0.3 is 0 Å². The maximum atomic E-state index is 13.4. The molecule has 170 valence electrons. The molecular formula is C26H28N4O3. The van der Waals surface area contributed by atoms with E-state index in [2.05, 4.69) is 23.0 Å². The van der Waals surface area contributed by atoms with Crippen molar-refractivity contribution in [2.45, 2.75) is 25.8 Å². The van der Waals surface area contributed by atoms with Crippen molar-refractivity contribution < 1.29 is 14.3 Å². The molecule has 0 aliphatic carbocycles. The molecule has 1 atom stereocenters. The number of carbonyl (C=O) groups excluding carboxylic acids is 2. The summed E-state index contributed by atoms with van der Waals surface area (Å²) in [4.78, 5) is 38.7. The van der Waals surface area contributed by atoms with Gasteiger partial charge < -0.3 is 14.5 Å². The van der Waals surface area contributed by atoms with Crippen molar-refractivity contribution in [1.29, 1.82) is 0 Å². The van der Waals surface area contributed by atoms with Crippen molar-refractivity contribution in [3.05, 3.63) is 78.2 Å². The van der Waals surface area contributed by atoms with Crippen LogP contribution < -0.4 is 4.74 Å². The molecule has 2 amide bonds. The van der Waals surface area contributed by atoms with Gasteiger partial charge in [-0.1, -0.05) is 37.3 Å². The second-order valence-electron chi connectivity index (χ2n) is 8.08. The van der Waals surface area contributed by atoms with Crippen LogP contribution >= 0.6 is 0 Å². The SMILES string of the molecule is CCCN1CCN(C(=O)c2ccc(OC)nc2)[C@@H](Cc2cccc(-c3cccnc3)c2)C1=O. The number of aromatic nitrogens is 2. The highest BCUT2D eigenvalue weighted by Crippen LogP contribution is 2.24. The summed E-state index contributed by atoms with van der Waals surface area (Å²) < 4.78 is 5.10. The summed E-state index contributed by atoms with van der Waals surface area (Å²) in [6.07, 6.45) is 6.39. The summed E-state index contributed by atoms with van der Waals surface area (Å²) in [6, 6.07) is 14.8. The van der Waals surface area contributed by atoms with Crippen LogP contribution in [-0.2, 0) is 11.2 Å². The minimum absolute atomic E-state index is 0.00954. The largest absolute Gasteiger partial charge is 0.481 e. The van der Waals surface area contributed by atoms with Gasteiger partial charge in [-0.3, -0.25) is 14.6 Å². The Labute approximate surface area is 194 Å². The number of amides is 2. The highest BCUT2D eigenvalue weighted by atomic mass is 16.5. The van der Waals surface area contributed by atoms with Crippen molar-refractivity contribution in [2.75, 3.05) is 26.7 Å². The van der Waals surface area contributed by atoms with Crippen LogP contribution in [0.25, 0.3) is 11.1 Å². The molecule has 1 aromatic carbocycles. The van der Waals surface area contributed by atoms with Crippen molar-refractivity contribution in [3.63, 3.8) is 0 Å². The van der Waals surface area contributed by atoms with E-state index in [0.717, 1.165) is 23.1 Å². The van der Waals surface area contributed by atoms with Crippen LogP contribution in [0.1, 0.15) is 29.3 Å². The van der Waals surface area contributed by atoms with Gasteiger partial charge in [0.25, 0.3) is 5.91 Å². The first-order chi connectivity index (χ1) is 16.1. The van der Waals surface area contributed by atoms with Gasteiger partial charge in [0.05, 0.1) is 12.7 Å². The molecule has 1 saturated heterocycles. The van der Waals surface area contributed by atoms with Crippen LogP contribution in [0.3, 0.4) is 0 Å². The van der Waals surface area contributed by atoms with Crippen LogP contribution in [0.5, 0.6) is 5.88 Å². The van der Waals surface area contributed by atoms with E-state index in [1.165, 1.54) is 13.3 Å². The molecule has 1 fully saturated rings. The Kier molecular flexibility index (Phi) is 6.98. The Morgan fingerprint density at radius 1 is 1.09 bits per heavy atom. The standard InChI is InChI=1S/C26H28N4O3/c1-3-12-29-13-14-30(25(31)22-9-10-24(33-2)28-18-22)23(26(29)32)16-19-6-4-7-20(15-19)21-8-5-11-27-17-21/h4-11,15,17-18,23H,3,12-14,16H2,1-2H3/t23-/m0/s1. The number of hydrogen-bond acceptors (Lipinski definition) is 5. The molecule has 0 N–H and O–H groups in total. The van der Waals surface area contributed by atoms with Crippen LogP contribution in [0.2, 0.25) is 0 Å². The van der Waals surface area contributed by atoms with Crippen LogP contribution in [0, 0.1) is 0 Å². The Hall–Kier alpha value is -3.74. The molecule has 3 heterocycles. The molecule has 33 heavy (non-hydrogen) atoms. The molecule has 0 spiro atoms. The van der Waals surface area contributed by atoms with E-state index in [9.17, 15) is 9.59 Å². The van der Waals surface area contributed by atoms with Gasteiger partial charge in [-0.2, -0.15) is 0 Å².